The molecule has 2 heterocycles. The number of sulfonamides is 1. The Morgan fingerprint density at radius 1 is 1.31 bits per heavy atom. The summed E-state index contributed by atoms with van der Waals surface area (Å²) >= 11 is 0. The van der Waals surface area contributed by atoms with Crippen molar-refractivity contribution in [2.75, 3.05) is 0 Å². The van der Waals surface area contributed by atoms with Crippen LogP contribution in [0.15, 0.2) is 12.3 Å². The normalized spacial score (nSPS) is 25.5. The third-order valence-electron chi connectivity index (χ3n) is 5.96. The smallest absolute Gasteiger partial charge is 0.266 e. The van der Waals surface area contributed by atoms with E-state index in [1.54, 1.807) is 23.9 Å². The van der Waals surface area contributed by atoms with E-state index in [1.165, 1.54) is 0 Å². The summed E-state index contributed by atoms with van der Waals surface area (Å²) in [6.07, 6.45) is 6.46. The van der Waals surface area contributed by atoms with Crippen LogP contribution < -0.4 is 4.72 Å². The number of aromatic nitrogens is 3. The first-order chi connectivity index (χ1) is 12.4. The van der Waals surface area contributed by atoms with Gasteiger partial charge in [-0.1, -0.05) is 12.8 Å². The molecule has 3 aliphatic rings. The number of carbonyl (C=O) groups is 1. The highest BCUT2D eigenvalue weighted by Gasteiger charge is 2.43. The Bertz CT molecular complexity index is 958. The van der Waals surface area contributed by atoms with Crippen molar-refractivity contribution in [2.24, 2.45) is 11.8 Å². The van der Waals surface area contributed by atoms with Crippen LogP contribution >= 0.6 is 0 Å². The Hall–Kier alpha value is -1.96. The summed E-state index contributed by atoms with van der Waals surface area (Å²) < 4.78 is 29.7. The molecule has 7 nitrogen and oxygen atoms in total. The Labute approximate surface area is 153 Å². The lowest BCUT2D eigenvalue weighted by atomic mass is 9.70. The number of hydrogen-bond donors (Lipinski definition) is 1. The standard InChI is InChI=1S/C18H24N4O3S/c1-3-22-17-14(10-19-22)9-15(11(2)20-17)18(23)21-26(24,25)16-8-12-4-6-13(16)7-5-12/h9-10,12-13,16H,3-8H2,1-2H3,(H,21,23). The Kier molecular flexibility index (Phi) is 4.25. The number of pyridine rings is 1. The van der Waals surface area contributed by atoms with Crippen molar-refractivity contribution in [2.45, 2.75) is 57.7 Å². The highest BCUT2D eigenvalue weighted by Crippen LogP contribution is 2.43. The van der Waals surface area contributed by atoms with Gasteiger partial charge < -0.3 is 0 Å². The largest absolute Gasteiger partial charge is 0.268 e. The molecule has 3 aliphatic carbocycles. The minimum absolute atomic E-state index is 0.176. The van der Waals surface area contributed by atoms with Gasteiger partial charge >= 0.3 is 0 Å². The molecule has 2 aromatic rings. The predicted molar refractivity (Wildman–Crippen MR) is 98.2 cm³/mol. The molecule has 8 heteroatoms. The highest BCUT2D eigenvalue weighted by atomic mass is 32.2. The van der Waals surface area contributed by atoms with Gasteiger partial charge in [0.15, 0.2) is 5.65 Å². The maximum absolute atomic E-state index is 12.8. The molecule has 2 bridgehead atoms. The fourth-order valence-electron chi connectivity index (χ4n) is 4.51. The zero-order valence-electron chi connectivity index (χ0n) is 15.1. The van der Waals surface area contributed by atoms with Crippen molar-refractivity contribution in [1.29, 1.82) is 0 Å². The van der Waals surface area contributed by atoms with E-state index in [2.05, 4.69) is 14.8 Å². The number of nitrogens with one attached hydrogen (secondary N) is 1. The quantitative estimate of drug-likeness (QED) is 0.884. The fraction of sp³-hybridized carbons (Fsp3) is 0.611. The summed E-state index contributed by atoms with van der Waals surface area (Å²) in [5.74, 6) is 0.0636. The summed E-state index contributed by atoms with van der Waals surface area (Å²) in [6.45, 7) is 4.37. The van der Waals surface area contributed by atoms with Gasteiger partial charge in [-0.05, 0) is 51.0 Å². The third-order valence-corrected chi connectivity index (χ3v) is 7.81. The minimum atomic E-state index is -3.68. The lowest BCUT2D eigenvalue weighted by Crippen LogP contribution is -2.47. The van der Waals surface area contributed by atoms with E-state index in [9.17, 15) is 13.2 Å². The summed E-state index contributed by atoms with van der Waals surface area (Å²) in [6, 6.07) is 1.68. The zero-order chi connectivity index (χ0) is 18.5. The van der Waals surface area contributed by atoms with Crippen molar-refractivity contribution < 1.29 is 13.2 Å². The van der Waals surface area contributed by atoms with E-state index in [4.69, 9.17) is 0 Å². The van der Waals surface area contributed by atoms with Gasteiger partial charge in [-0.15, -0.1) is 0 Å². The van der Waals surface area contributed by atoms with E-state index in [1.807, 2.05) is 6.92 Å². The first kappa shape index (κ1) is 17.5. The van der Waals surface area contributed by atoms with E-state index in [0.29, 0.717) is 30.2 Å². The van der Waals surface area contributed by atoms with Crippen molar-refractivity contribution >= 4 is 27.0 Å². The molecule has 0 aliphatic heterocycles. The topological polar surface area (TPSA) is 94.0 Å². The molecule has 1 amide bonds. The predicted octanol–water partition coefficient (Wildman–Crippen LogP) is 2.40. The van der Waals surface area contributed by atoms with Gasteiger partial charge in [0.1, 0.15) is 0 Å². The molecule has 3 saturated carbocycles. The average molecular weight is 376 g/mol. The molecule has 5 rings (SSSR count). The summed E-state index contributed by atoms with van der Waals surface area (Å²) in [5, 5.41) is 4.52. The van der Waals surface area contributed by atoms with Gasteiger partial charge in [-0.25, -0.2) is 22.8 Å². The second-order valence-electron chi connectivity index (χ2n) is 7.53. The van der Waals surface area contributed by atoms with E-state index < -0.39 is 21.2 Å². The van der Waals surface area contributed by atoms with Crippen LogP contribution in [0.3, 0.4) is 0 Å². The summed E-state index contributed by atoms with van der Waals surface area (Å²) in [4.78, 5) is 17.1. The van der Waals surface area contributed by atoms with Crippen LogP contribution in [0.1, 0.15) is 55.1 Å². The number of carbonyl (C=O) groups excluding carboxylic acids is 1. The SMILES string of the molecule is CCn1ncc2cc(C(=O)NS(=O)(=O)C3CC4CCC3CC4)c(C)nc21. The average Bonchev–Trinajstić information content (AvgIpc) is 3.03. The maximum atomic E-state index is 12.8. The molecule has 1 atom stereocenters. The van der Waals surface area contributed by atoms with Crippen LogP contribution in [0.5, 0.6) is 0 Å². The molecule has 0 saturated heterocycles. The molecule has 1 unspecified atom stereocenters. The summed E-state index contributed by atoms with van der Waals surface area (Å²) in [5.41, 5.74) is 1.50. The first-order valence-corrected chi connectivity index (χ1v) is 10.8. The zero-order valence-corrected chi connectivity index (χ0v) is 15.9. The monoisotopic (exact) mass is 376 g/mol. The van der Waals surface area contributed by atoms with Crippen LogP contribution in [0, 0.1) is 18.8 Å². The van der Waals surface area contributed by atoms with Crippen LogP contribution in [-0.4, -0.2) is 34.3 Å². The summed E-state index contributed by atoms with van der Waals surface area (Å²) in [7, 11) is -3.68. The van der Waals surface area contributed by atoms with Gasteiger partial charge in [0, 0.05) is 11.9 Å². The molecule has 0 aromatic carbocycles. The Balaban J connectivity index is 1.60. The van der Waals surface area contributed by atoms with Crippen molar-refractivity contribution in [3.63, 3.8) is 0 Å². The van der Waals surface area contributed by atoms with E-state index >= 15 is 0 Å². The Morgan fingerprint density at radius 2 is 2.04 bits per heavy atom. The second kappa shape index (κ2) is 6.33. The van der Waals surface area contributed by atoms with Crippen LogP contribution in [0.25, 0.3) is 11.0 Å². The third kappa shape index (κ3) is 2.90. The number of rotatable bonds is 4. The first-order valence-electron chi connectivity index (χ1n) is 9.28. The van der Waals surface area contributed by atoms with Crippen LogP contribution in [-0.2, 0) is 16.6 Å². The van der Waals surface area contributed by atoms with Gasteiger partial charge in [0.25, 0.3) is 5.91 Å². The van der Waals surface area contributed by atoms with E-state index in [0.717, 1.165) is 31.1 Å². The number of hydrogen-bond acceptors (Lipinski definition) is 5. The fourth-order valence-corrected chi connectivity index (χ4v) is 6.34. The second-order valence-corrected chi connectivity index (χ2v) is 9.43. The number of aryl methyl sites for hydroxylation is 2. The lowest BCUT2D eigenvalue weighted by Gasteiger charge is -2.41. The number of amides is 1. The minimum Gasteiger partial charge on any atom is -0.268 e. The van der Waals surface area contributed by atoms with Gasteiger partial charge in [0.05, 0.1) is 22.7 Å². The molecule has 0 radical (unpaired) electrons. The number of fused-ring (bicyclic) bond motifs is 4. The Morgan fingerprint density at radius 3 is 2.65 bits per heavy atom. The van der Waals surface area contributed by atoms with Crippen molar-refractivity contribution in [3.8, 4) is 0 Å². The maximum Gasteiger partial charge on any atom is 0.266 e. The molecule has 2 aromatic heterocycles. The van der Waals surface area contributed by atoms with Crippen molar-refractivity contribution in [1.82, 2.24) is 19.5 Å². The molecule has 3 fully saturated rings. The molecule has 1 N–H and O–H groups in total. The number of nitrogens with zero attached hydrogens (tertiary/aromatic N) is 3. The van der Waals surface area contributed by atoms with E-state index in [-0.39, 0.29) is 11.5 Å². The highest BCUT2D eigenvalue weighted by molar-refractivity contribution is 7.90. The van der Waals surface area contributed by atoms with Crippen LogP contribution in [0.2, 0.25) is 0 Å². The van der Waals surface area contributed by atoms with Gasteiger partial charge in [-0.3, -0.25) is 4.79 Å². The van der Waals surface area contributed by atoms with Gasteiger partial charge in [-0.2, -0.15) is 5.10 Å². The van der Waals surface area contributed by atoms with Gasteiger partial charge in [0.2, 0.25) is 10.0 Å². The molecule has 26 heavy (non-hydrogen) atoms. The van der Waals surface area contributed by atoms with Crippen LogP contribution in [0.4, 0.5) is 0 Å². The molecule has 0 spiro atoms. The lowest BCUT2D eigenvalue weighted by molar-refractivity contribution is 0.0978. The molecular formula is C18H24N4O3S. The molecular weight excluding hydrogens is 352 g/mol. The van der Waals surface area contributed by atoms with Crippen molar-refractivity contribution in [3.05, 3.63) is 23.5 Å². The molecule has 140 valence electrons.